The molecular formula is C15H28. The van der Waals surface area contributed by atoms with Crippen molar-refractivity contribution >= 4 is 0 Å². The Kier molecular flexibility index (Phi) is 11.2. The van der Waals surface area contributed by atoms with Crippen LogP contribution in [-0.4, -0.2) is 0 Å². The lowest BCUT2D eigenvalue weighted by Crippen LogP contribution is -1.84. The molecule has 0 aliphatic rings. The van der Waals surface area contributed by atoms with Crippen molar-refractivity contribution in [2.75, 3.05) is 0 Å². The van der Waals surface area contributed by atoms with E-state index in [1.807, 2.05) is 6.08 Å². The van der Waals surface area contributed by atoms with Crippen LogP contribution in [0.4, 0.5) is 0 Å². The van der Waals surface area contributed by atoms with Gasteiger partial charge in [-0.3, -0.25) is 0 Å². The Morgan fingerprint density at radius 3 is 2.27 bits per heavy atom. The van der Waals surface area contributed by atoms with Crippen molar-refractivity contribution in [3.63, 3.8) is 0 Å². The highest BCUT2D eigenvalue weighted by Gasteiger charge is 1.95. The third-order valence-electron chi connectivity index (χ3n) is 2.75. The molecule has 15 heavy (non-hydrogen) atoms. The van der Waals surface area contributed by atoms with E-state index < -0.39 is 0 Å². The molecule has 0 fully saturated rings. The lowest BCUT2D eigenvalue weighted by Gasteiger charge is -2.04. The Morgan fingerprint density at radius 2 is 1.67 bits per heavy atom. The van der Waals surface area contributed by atoms with Crippen molar-refractivity contribution < 1.29 is 0 Å². The maximum atomic E-state index is 3.83. The van der Waals surface area contributed by atoms with Crippen molar-refractivity contribution in [2.24, 2.45) is 0 Å². The number of unbranched alkanes of at least 4 members (excludes halogenated alkanes) is 5. The normalized spacial score (nSPS) is 11.7. The summed E-state index contributed by atoms with van der Waals surface area (Å²) in [5.74, 6) is 0. The molecule has 0 radical (unpaired) electrons. The lowest BCUT2D eigenvalue weighted by molar-refractivity contribution is 0.694. The van der Waals surface area contributed by atoms with Crippen LogP contribution < -0.4 is 0 Å². The van der Waals surface area contributed by atoms with Gasteiger partial charge in [0.25, 0.3) is 0 Å². The maximum Gasteiger partial charge on any atom is -0.0142 e. The molecule has 0 nitrogen and oxygen atoms in total. The number of hydrogen-bond acceptors (Lipinski definition) is 0. The smallest absolute Gasteiger partial charge is 0.0142 e. The summed E-state index contributed by atoms with van der Waals surface area (Å²) in [6, 6.07) is 0. The zero-order chi connectivity index (χ0) is 11.4. The Bertz CT molecular complexity index is 165. The van der Waals surface area contributed by atoms with E-state index >= 15 is 0 Å². The van der Waals surface area contributed by atoms with E-state index in [4.69, 9.17) is 0 Å². The SMILES string of the molecule is C=CC/C(=C\CCCCC)CCCCC. The van der Waals surface area contributed by atoms with Gasteiger partial charge in [0.1, 0.15) is 0 Å². The quantitative estimate of drug-likeness (QED) is 0.321. The second-order valence-corrected chi connectivity index (χ2v) is 4.31. The first-order valence-electron chi connectivity index (χ1n) is 6.63. The van der Waals surface area contributed by atoms with Crippen LogP contribution in [0.25, 0.3) is 0 Å². The van der Waals surface area contributed by atoms with Gasteiger partial charge < -0.3 is 0 Å². The molecule has 0 saturated carbocycles. The van der Waals surface area contributed by atoms with E-state index in [0.29, 0.717) is 0 Å². The largest absolute Gasteiger partial charge is 0.103 e. The van der Waals surface area contributed by atoms with Gasteiger partial charge >= 0.3 is 0 Å². The first kappa shape index (κ1) is 14.5. The fourth-order valence-electron chi connectivity index (χ4n) is 1.78. The van der Waals surface area contributed by atoms with Crippen LogP contribution in [0.1, 0.15) is 71.6 Å². The molecule has 0 aromatic heterocycles. The molecule has 0 aliphatic heterocycles. The van der Waals surface area contributed by atoms with Crippen molar-refractivity contribution in [3.05, 3.63) is 24.3 Å². The van der Waals surface area contributed by atoms with Gasteiger partial charge in [0.2, 0.25) is 0 Å². The van der Waals surface area contributed by atoms with E-state index in [-0.39, 0.29) is 0 Å². The van der Waals surface area contributed by atoms with E-state index in [9.17, 15) is 0 Å². The first-order valence-corrected chi connectivity index (χ1v) is 6.63. The maximum absolute atomic E-state index is 3.83. The van der Waals surface area contributed by atoms with Crippen molar-refractivity contribution in [2.45, 2.75) is 71.6 Å². The predicted molar refractivity (Wildman–Crippen MR) is 71.2 cm³/mol. The zero-order valence-corrected chi connectivity index (χ0v) is 10.7. The summed E-state index contributed by atoms with van der Waals surface area (Å²) in [4.78, 5) is 0. The average molecular weight is 208 g/mol. The van der Waals surface area contributed by atoms with Crippen molar-refractivity contribution in [3.8, 4) is 0 Å². The van der Waals surface area contributed by atoms with E-state index in [1.165, 1.54) is 51.4 Å². The molecular weight excluding hydrogens is 180 g/mol. The molecule has 0 aliphatic carbocycles. The molecule has 0 atom stereocenters. The third-order valence-corrected chi connectivity index (χ3v) is 2.75. The Morgan fingerprint density at radius 1 is 1.00 bits per heavy atom. The van der Waals surface area contributed by atoms with Crippen LogP contribution in [0, 0.1) is 0 Å². The summed E-state index contributed by atoms with van der Waals surface area (Å²) in [7, 11) is 0. The Balaban J connectivity index is 3.73. The molecule has 88 valence electrons. The third kappa shape index (κ3) is 9.78. The summed E-state index contributed by atoms with van der Waals surface area (Å²) in [5, 5.41) is 0. The topological polar surface area (TPSA) is 0 Å². The summed E-state index contributed by atoms with van der Waals surface area (Å²) in [6.45, 7) is 8.35. The molecule has 0 aromatic rings. The Hall–Kier alpha value is -0.520. The summed E-state index contributed by atoms with van der Waals surface area (Å²) >= 11 is 0. The highest BCUT2D eigenvalue weighted by Crippen LogP contribution is 2.15. The summed E-state index contributed by atoms with van der Waals surface area (Å²) in [5.41, 5.74) is 1.61. The number of rotatable bonds is 10. The van der Waals surface area contributed by atoms with Gasteiger partial charge in [-0.05, 0) is 32.1 Å². The van der Waals surface area contributed by atoms with Crippen LogP contribution in [0.2, 0.25) is 0 Å². The van der Waals surface area contributed by atoms with E-state index in [0.717, 1.165) is 6.42 Å². The van der Waals surface area contributed by atoms with Gasteiger partial charge in [-0.1, -0.05) is 57.3 Å². The highest BCUT2D eigenvalue weighted by molar-refractivity contribution is 5.06. The minimum atomic E-state index is 1.09. The van der Waals surface area contributed by atoms with Gasteiger partial charge in [-0.15, -0.1) is 6.58 Å². The van der Waals surface area contributed by atoms with Gasteiger partial charge in [-0.25, -0.2) is 0 Å². The predicted octanol–water partition coefficient (Wildman–Crippen LogP) is 5.65. The second-order valence-electron chi connectivity index (χ2n) is 4.31. The summed E-state index contributed by atoms with van der Waals surface area (Å²) in [6.07, 6.45) is 16.2. The fraction of sp³-hybridized carbons (Fsp3) is 0.733. The van der Waals surface area contributed by atoms with Gasteiger partial charge in [0.05, 0.1) is 0 Å². The minimum absolute atomic E-state index is 1.09. The van der Waals surface area contributed by atoms with Crippen molar-refractivity contribution in [1.29, 1.82) is 0 Å². The van der Waals surface area contributed by atoms with E-state index in [1.54, 1.807) is 5.57 Å². The molecule has 0 heteroatoms. The monoisotopic (exact) mass is 208 g/mol. The Labute approximate surface area is 96.5 Å². The van der Waals surface area contributed by atoms with Crippen LogP contribution in [0.15, 0.2) is 24.3 Å². The van der Waals surface area contributed by atoms with Gasteiger partial charge in [-0.2, -0.15) is 0 Å². The first-order chi connectivity index (χ1) is 7.35. The van der Waals surface area contributed by atoms with Gasteiger partial charge in [0.15, 0.2) is 0 Å². The summed E-state index contributed by atoms with van der Waals surface area (Å²) < 4.78 is 0. The average Bonchev–Trinajstić information content (AvgIpc) is 2.24. The number of hydrogen-bond donors (Lipinski definition) is 0. The lowest BCUT2D eigenvalue weighted by atomic mass is 10.0. The molecule has 0 amide bonds. The van der Waals surface area contributed by atoms with Crippen LogP contribution in [0.5, 0.6) is 0 Å². The van der Waals surface area contributed by atoms with Crippen molar-refractivity contribution in [1.82, 2.24) is 0 Å². The highest BCUT2D eigenvalue weighted by atomic mass is 14.0. The molecule has 0 heterocycles. The minimum Gasteiger partial charge on any atom is -0.103 e. The molecule has 0 N–H and O–H groups in total. The fourth-order valence-corrected chi connectivity index (χ4v) is 1.78. The second kappa shape index (κ2) is 11.6. The molecule has 0 saturated heterocycles. The van der Waals surface area contributed by atoms with Crippen LogP contribution >= 0.6 is 0 Å². The molecule has 0 rings (SSSR count). The van der Waals surface area contributed by atoms with Gasteiger partial charge in [0, 0.05) is 0 Å². The number of allylic oxidation sites excluding steroid dienone is 3. The standard InChI is InChI=1S/C15H28/c1-4-7-9-11-14-15(12-6-3)13-10-8-5-2/h6,14H,3-5,7-13H2,1-2H3/b15-14+. The molecule has 0 spiro atoms. The molecule has 0 aromatic carbocycles. The van der Waals surface area contributed by atoms with E-state index in [2.05, 4.69) is 26.5 Å². The zero-order valence-electron chi connectivity index (χ0n) is 10.7. The van der Waals surface area contributed by atoms with Crippen LogP contribution in [-0.2, 0) is 0 Å². The van der Waals surface area contributed by atoms with Crippen LogP contribution in [0.3, 0.4) is 0 Å². The molecule has 0 bridgehead atoms. The molecule has 0 unspecified atom stereocenters.